The number of anilines is 1. The molecule has 0 radical (unpaired) electrons. The summed E-state index contributed by atoms with van der Waals surface area (Å²) in [7, 11) is -3.19. The maximum absolute atomic E-state index is 12.0. The van der Waals surface area contributed by atoms with Gasteiger partial charge in [-0.15, -0.1) is 11.3 Å². The van der Waals surface area contributed by atoms with Crippen LogP contribution in [0, 0.1) is 6.92 Å². The molecule has 2 rings (SSSR count). The lowest BCUT2D eigenvalue weighted by molar-refractivity contribution is 0.597. The molecule has 0 aliphatic rings. The zero-order chi connectivity index (χ0) is 13.9. The number of sulfone groups is 1. The van der Waals surface area contributed by atoms with E-state index in [1.807, 2.05) is 17.5 Å². The number of benzene rings is 1. The summed E-state index contributed by atoms with van der Waals surface area (Å²) < 4.78 is 24.0. The minimum Gasteiger partial charge on any atom is -0.379 e. The molecule has 5 heteroatoms. The van der Waals surface area contributed by atoms with Crippen LogP contribution >= 0.6 is 11.3 Å². The lowest BCUT2D eigenvalue weighted by atomic mass is 10.2. The summed E-state index contributed by atoms with van der Waals surface area (Å²) in [5, 5.41) is 5.27. The van der Waals surface area contributed by atoms with Crippen LogP contribution in [0.25, 0.3) is 0 Å². The van der Waals surface area contributed by atoms with E-state index in [-0.39, 0.29) is 5.75 Å². The van der Waals surface area contributed by atoms with E-state index in [0.29, 0.717) is 17.1 Å². The molecule has 1 aromatic carbocycles. The SMILES string of the molecule is CCS(=O)(=O)c1ccccc1NCc1sccc1C. The molecular formula is C14H17NO2S2. The maximum Gasteiger partial charge on any atom is 0.180 e. The summed E-state index contributed by atoms with van der Waals surface area (Å²) in [6.07, 6.45) is 0. The lowest BCUT2D eigenvalue weighted by Gasteiger charge is -2.11. The normalized spacial score (nSPS) is 11.5. The van der Waals surface area contributed by atoms with E-state index in [1.54, 1.807) is 30.4 Å². The van der Waals surface area contributed by atoms with Crippen LogP contribution in [0.3, 0.4) is 0 Å². The van der Waals surface area contributed by atoms with Gasteiger partial charge in [-0.1, -0.05) is 19.1 Å². The molecule has 0 saturated heterocycles. The van der Waals surface area contributed by atoms with Crippen LogP contribution in [0.1, 0.15) is 17.4 Å². The highest BCUT2D eigenvalue weighted by molar-refractivity contribution is 7.91. The molecule has 0 fully saturated rings. The second-order valence-corrected chi connectivity index (χ2v) is 7.53. The lowest BCUT2D eigenvalue weighted by Crippen LogP contribution is -2.09. The number of nitrogens with one attached hydrogen (secondary N) is 1. The third-order valence-corrected chi connectivity index (χ3v) is 5.82. The van der Waals surface area contributed by atoms with Crippen molar-refractivity contribution in [2.75, 3.05) is 11.1 Å². The average molecular weight is 295 g/mol. The molecule has 0 aliphatic carbocycles. The molecule has 0 bridgehead atoms. The van der Waals surface area contributed by atoms with Gasteiger partial charge in [0.05, 0.1) is 16.3 Å². The highest BCUT2D eigenvalue weighted by Crippen LogP contribution is 2.24. The van der Waals surface area contributed by atoms with E-state index < -0.39 is 9.84 Å². The predicted molar refractivity (Wildman–Crippen MR) is 80.6 cm³/mol. The quantitative estimate of drug-likeness (QED) is 0.919. The number of para-hydroxylation sites is 1. The molecule has 1 heterocycles. The summed E-state index contributed by atoms with van der Waals surface area (Å²) in [6, 6.07) is 9.13. The van der Waals surface area contributed by atoms with Crippen molar-refractivity contribution in [1.82, 2.24) is 0 Å². The summed E-state index contributed by atoms with van der Waals surface area (Å²) in [5.74, 6) is 0.115. The Morgan fingerprint density at radius 2 is 1.95 bits per heavy atom. The number of hydrogen-bond donors (Lipinski definition) is 1. The van der Waals surface area contributed by atoms with E-state index in [0.717, 1.165) is 0 Å². The van der Waals surface area contributed by atoms with Gasteiger partial charge in [0, 0.05) is 11.4 Å². The summed E-state index contributed by atoms with van der Waals surface area (Å²) in [4.78, 5) is 1.61. The molecule has 3 nitrogen and oxygen atoms in total. The number of rotatable bonds is 5. The molecule has 19 heavy (non-hydrogen) atoms. The molecule has 102 valence electrons. The fraction of sp³-hybridized carbons (Fsp3) is 0.286. The standard InChI is InChI=1S/C14H17NO2S2/c1-3-19(16,17)14-7-5-4-6-12(14)15-10-13-11(2)8-9-18-13/h4-9,15H,3,10H2,1-2H3. The molecule has 2 aromatic rings. The van der Waals surface area contributed by atoms with Crippen molar-refractivity contribution in [3.63, 3.8) is 0 Å². The van der Waals surface area contributed by atoms with Gasteiger partial charge in [0.25, 0.3) is 0 Å². The molecule has 0 atom stereocenters. The third-order valence-electron chi connectivity index (χ3n) is 3.01. The van der Waals surface area contributed by atoms with Crippen LogP contribution in [0.15, 0.2) is 40.6 Å². The Balaban J connectivity index is 2.24. The molecule has 0 unspecified atom stereocenters. The Kier molecular flexibility index (Phi) is 4.27. The molecule has 0 spiro atoms. The number of hydrogen-bond acceptors (Lipinski definition) is 4. The Morgan fingerprint density at radius 1 is 1.21 bits per heavy atom. The van der Waals surface area contributed by atoms with Crippen LogP contribution in [0.4, 0.5) is 5.69 Å². The van der Waals surface area contributed by atoms with Crippen LogP contribution in [-0.4, -0.2) is 14.2 Å². The minimum atomic E-state index is -3.19. The fourth-order valence-corrected chi connectivity index (χ4v) is 3.72. The Bertz CT molecular complexity index is 660. The zero-order valence-corrected chi connectivity index (χ0v) is 12.6. The molecule has 1 aromatic heterocycles. The Hall–Kier alpha value is -1.33. The summed E-state index contributed by atoms with van der Waals surface area (Å²) in [6.45, 7) is 4.37. The van der Waals surface area contributed by atoms with Crippen molar-refractivity contribution in [3.05, 3.63) is 46.2 Å². The van der Waals surface area contributed by atoms with E-state index >= 15 is 0 Å². The number of thiophene rings is 1. The Morgan fingerprint density at radius 3 is 2.58 bits per heavy atom. The fourth-order valence-electron chi connectivity index (χ4n) is 1.80. The number of aryl methyl sites for hydroxylation is 1. The second-order valence-electron chi connectivity index (χ2n) is 4.28. The molecule has 1 N–H and O–H groups in total. The smallest absolute Gasteiger partial charge is 0.180 e. The van der Waals surface area contributed by atoms with E-state index in [2.05, 4.69) is 18.3 Å². The highest BCUT2D eigenvalue weighted by atomic mass is 32.2. The van der Waals surface area contributed by atoms with Gasteiger partial charge < -0.3 is 5.32 Å². The van der Waals surface area contributed by atoms with Gasteiger partial charge in [-0.25, -0.2) is 8.42 Å². The van der Waals surface area contributed by atoms with Gasteiger partial charge in [-0.3, -0.25) is 0 Å². The van der Waals surface area contributed by atoms with Crippen molar-refractivity contribution in [2.45, 2.75) is 25.3 Å². The van der Waals surface area contributed by atoms with Crippen molar-refractivity contribution in [2.24, 2.45) is 0 Å². The first-order valence-corrected chi connectivity index (χ1v) is 8.66. The molecule has 0 amide bonds. The highest BCUT2D eigenvalue weighted by Gasteiger charge is 2.15. The summed E-state index contributed by atoms with van der Waals surface area (Å²) in [5.41, 5.74) is 1.91. The predicted octanol–water partition coefficient (Wildman–Crippen LogP) is 3.46. The van der Waals surface area contributed by atoms with E-state index in [9.17, 15) is 8.42 Å². The second kappa shape index (κ2) is 5.75. The third kappa shape index (κ3) is 3.16. The van der Waals surface area contributed by atoms with Gasteiger partial charge in [-0.2, -0.15) is 0 Å². The minimum absolute atomic E-state index is 0.115. The zero-order valence-electron chi connectivity index (χ0n) is 11.0. The van der Waals surface area contributed by atoms with Gasteiger partial charge in [0.1, 0.15) is 0 Å². The van der Waals surface area contributed by atoms with Gasteiger partial charge in [0.15, 0.2) is 9.84 Å². The van der Waals surface area contributed by atoms with Crippen LogP contribution in [0.2, 0.25) is 0 Å². The van der Waals surface area contributed by atoms with Crippen molar-refractivity contribution in [3.8, 4) is 0 Å². The van der Waals surface area contributed by atoms with Crippen molar-refractivity contribution in [1.29, 1.82) is 0 Å². The van der Waals surface area contributed by atoms with Gasteiger partial charge in [-0.05, 0) is 36.1 Å². The first kappa shape index (κ1) is 14.1. The monoisotopic (exact) mass is 295 g/mol. The van der Waals surface area contributed by atoms with Gasteiger partial charge in [0.2, 0.25) is 0 Å². The maximum atomic E-state index is 12.0. The first-order chi connectivity index (χ1) is 9.04. The molecular weight excluding hydrogens is 278 g/mol. The first-order valence-electron chi connectivity index (χ1n) is 6.13. The van der Waals surface area contributed by atoms with Crippen molar-refractivity contribution >= 4 is 26.9 Å². The van der Waals surface area contributed by atoms with Crippen molar-refractivity contribution < 1.29 is 8.42 Å². The topological polar surface area (TPSA) is 46.2 Å². The van der Waals surface area contributed by atoms with Gasteiger partial charge >= 0.3 is 0 Å². The average Bonchev–Trinajstić information content (AvgIpc) is 2.82. The molecule has 0 aliphatic heterocycles. The Labute approximate surface area is 118 Å². The largest absolute Gasteiger partial charge is 0.379 e. The summed E-state index contributed by atoms with van der Waals surface area (Å²) >= 11 is 1.68. The van der Waals surface area contributed by atoms with Crippen LogP contribution < -0.4 is 5.32 Å². The van der Waals surface area contributed by atoms with Crippen LogP contribution in [0.5, 0.6) is 0 Å². The van der Waals surface area contributed by atoms with Crippen LogP contribution in [-0.2, 0) is 16.4 Å². The van der Waals surface area contributed by atoms with E-state index in [1.165, 1.54) is 10.4 Å². The molecule has 0 saturated carbocycles. The van der Waals surface area contributed by atoms with E-state index in [4.69, 9.17) is 0 Å².